The minimum atomic E-state index is 0.312. The van der Waals surface area contributed by atoms with Crippen LogP contribution in [0.2, 0.25) is 0 Å². The molecule has 0 heterocycles. The van der Waals surface area contributed by atoms with Crippen molar-refractivity contribution in [1.29, 1.82) is 0 Å². The van der Waals surface area contributed by atoms with Crippen LogP contribution in [0, 0.1) is 0 Å². The van der Waals surface area contributed by atoms with Gasteiger partial charge in [-0.25, -0.2) is 0 Å². The third-order valence-corrected chi connectivity index (χ3v) is 2.70. The van der Waals surface area contributed by atoms with Crippen LogP contribution in [0.25, 0.3) is 0 Å². The van der Waals surface area contributed by atoms with Crippen molar-refractivity contribution >= 4 is 11.6 Å². The average Bonchev–Trinajstić information content (AvgIpc) is 2.26. The Hall–Kier alpha value is -0.730. The van der Waals surface area contributed by atoms with Crippen molar-refractivity contribution in [3.63, 3.8) is 0 Å². The molecule has 1 atom stereocenters. The van der Waals surface area contributed by atoms with E-state index in [2.05, 4.69) is 12.2 Å². The number of aromatic hydroxyl groups is 1. The Bertz CT molecular complexity index is 273. The molecule has 1 rings (SSSR count). The molecule has 15 heavy (non-hydrogen) atoms. The Labute approximate surface area is 96.3 Å². The van der Waals surface area contributed by atoms with Crippen molar-refractivity contribution < 1.29 is 5.11 Å². The maximum absolute atomic E-state index is 9.13. The van der Waals surface area contributed by atoms with Gasteiger partial charge in [-0.2, -0.15) is 0 Å². The molecule has 0 saturated carbocycles. The lowest BCUT2D eigenvalue weighted by Crippen LogP contribution is -2.28. The van der Waals surface area contributed by atoms with Gasteiger partial charge in [0.1, 0.15) is 5.75 Å². The molecule has 0 spiro atoms. The number of halogens is 1. The van der Waals surface area contributed by atoms with Gasteiger partial charge in [0, 0.05) is 18.5 Å². The van der Waals surface area contributed by atoms with Crippen LogP contribution >= 0.6 is 11.6 Å². The maximum Gasteiger partial charge on any atom is 0.115 e. The largest absolute Gasteiger partial charge is 0.508 e. The number of phenols is 1. The second-order valence-corrected chi connectivity index (χ2v) is 4.01. The van der Waals surface area contributed by atoms with Gasteiger partial charge in [0.15, 0.2) is 0 Å². The molecule has 1 aromatic carbocycles. The molecule has 2 nitrogen and oxygen atoms in total. The molecule has 0 bridgehead atoms. The van der Waals surface area contributed by atoms with E-state index in [0.29, 0.717) is 17.7 Å². The first-order chi connectivity index (χ1) is 7.26. The van der Waals surface area contributed by atoms with Gasteiger partial charge < -0.3 is 10.4 Å². The van der Waals surface area contributed by atoms with Gasteiger partial charge >= 0.3 is 0 Å². The number of nitrogens with one attached hydrogen (secondary N) is 1. The smallest absolute Gasteiger partial charge is 0.115 e. The fraction of sp³-hybridized carbons (Fsp3) is 0.500. The summed E-state index contributed by atoms with van der Waals surface area (Å²) in [6, 6.07) is 7.75. The Morgan fingerprint density at radius 2 is 2.00 bits per heavy atom. The van der Waals surface area contributed by atoms with E-state index in [0.717, 1.165) is 19.4 Å². The quantitative estimate of drug-likeness (QED) is 0.733. The second kappa shape index (κ2) is 6.70. The summed E-state index contributed by atoms with van der Waals surface area (Å²) < 4.78 is 0. The summed E-state index contributed by atoms with van der Waals surface area (Å²) in [5, 5.41) is 12.6. The molecule has 0 aliphatic carbocycles. The molecule has 0 aromatic heterocycles. The van der Waals surface area contributed by atoms with Crippen LogP contribution in [0.3, 0.4) is 0 Å². The topological polar surface area (TPSA) is 32.3 Å². The van der Waals surface area contributed by atoms with E-state index < -0.39 is 0 Å². The van der Waals surface area contributed by atoms with Crippen molar-refractivity contribution in [2.75, 3.05) is 5.88 Å². The Morgan fingerprint density at radius 3 is 2.53 bits per heavy atom. The minimum Gasteiger partial charge on any atom is -0.508 e. The predicted octanol–water partition coefficient (Wildman–Crippen LogP) is 2.89. The van der Waals surface area contributed by atoms with Crippen LogP contribution in [0.1, 0.15) is 25.3 Å². The number of benzene rings is 1. The third-order valence-electron chi connectivity index (χ3n) is 2.48. The highest BCUT2D eigenvalue weighted by Gasteiger charge is 2.04. The average molecular weight is 228 g/mol. The van der Waals surface area contributed by atoms with Crippen LogP contribution in [0.15, 0.2) is 24.3 Å². The normalized spacial score (nSPS) is 12.7. The first kappa shape index (κ1) is 12.3. The molecular formula is C12H18ClNO. The zero-order chi connectivity index (χ0) is 11.1. The third kappa shape index (κ3) is 4.54. The van der Waals surface area contributed by atoms with Crippen LogP contribution in [0.4, 0.5) is 0 Å². The van der Waals surface area contributed by atoms with Crippen molar-refractivity contribution in [3.05, 3.63) is 29.8 Å². The van der Waals surface area contributed by atoms with Gasteiger partial charge in [0.2, 0.25) is 0 Å². The van der Waals surface area contributed by atoms with E-state index in [1.807, 2.05) is 12.1 Å². The van der Waals surface area contributed by atoms with Crippen molar-refractivity contribution in [2.24, 2.45) is 0 Å². The number of rotatable bonds is 6. The van der Waals surface area contributed by atoms with Crippen LogP contribution < -0.4 is 5.32 Å². The van der Waals surface area contributed by atoms with Crippen molar-refractivity contribution in [2.45, 2.75) is 32.4 Å². The number of alkyl halides is 1. The highest BCUT2D eigenvalue weighted by atomic mass is 35.5. The molecule has 3 heteroatoms. The zero-order valence-electron chi connectivity index (χ0n) is 9.04. The minimum absolute atomic E-state index is 0.312. The van der Waals surface area contributed by atoms with E-state index in [-0.39, 0.29) is 0 Å². The summed E-state index contributed by atoms with van der Waals surface area (Å²) in [6.07, 6.45) is 2.08. The highest BCUT2D eigenvalue weighted by Crippen LogP contribution is 2.10. The summed E-state index contributed by atoms with van der Waals surface area (Å²) in [4.78, 5) is 0. The van der Waals surface area contributed by atoms with E-state index >= 15 is 0 Å². The van der Waals surface area contributed by atoms with Crippen LogP contribution in [-0.4, -0.2) is 17.0 Å². The van der Waals surface area contributed by atoms with Gasteiger partial charge in [0.05, 0.1) is 0 Å². The summed E-state index contributed by atoms with van der Waals surface area (Å²) >= 11 is 5.70. The summed E-state index contributed by atoms with van der Waals surface area (Å²) in [6.45, 7) is 2.98. The molecule has 0 radical (unpaired) electrons. The Balaban J connectivity index is 2.38. The molecule has 2 N–H and O–H groups in total. The monoisotopic (exact) mass is 227 g/mol. The lowest BCUT2D eigenvalue weighted by atomic mass is 10.1. The Kier molecular flexibility index (Phi) is 5.51. The predicted molar refractivity (Wildman–Crippen MR) is 64.4 cm³/mol. The van der Waals surface area contributed by atoms with E-state index in [9.17, 15) is 0 Å². The van der Waals surface area contributed by atoms with E-state index in [1.165, 1.54) is 5.56 Å². The molecule has 0 saturated heterocycles. The molecule has 0 amide bonds. The lowest BCUT2D eigenvalue weighted by molar-refractivity contribution is 0.472. The number of phenolic OH excluding ortho intramolecular Hbond substituents is 1. The summed E-state index contributed by atoms with van der Waals surface area (Å²) in [7, 11) is 0. The Morgan fingerprint density at radius 1 is 1.33 bits per heavy atom. The van der Waals surface area contributed by atoms with Crippen LogP contribution in [-0.2, 0) is 6.54 Å². The first-order valence-corrected chi connectivity index (χ1v) is 5.87. The standard InChI is InChI=1S/C12H18ClNO/c1-2-11(7-8-13)14-9-10-3-5-12(15)6-4-10/h3-6,11,14-15H,2,7-9H2,1H3. The number of hydrogen-bond donors (Lipinski definition) is 2. The van der Waals surface area contributed by atoms with E-state index in [4.69, 9.17) is 16.7 Å². The van der Waals surface area contributed by atoms with E-state index in [1.54, 1.807) is 12.1 Å². The number of hydrogen-bond acceptors (Lipinski definition) is 2. The van der Waals surface area contributed by atoms with Crippen molar-refractivity contribution in [3.8, 4) is 5.75 Å². The SMILES string of the molecule is CCC(CCCl)NCc1ccc(O)cc1. The fourth-order valence-corrected chi connectivity index (χ4v) is 1.72. The molecular weight excluding hydrogens is 210 g/mol. The van der Waals surface area contributed by atoms with Gasteiger partial charge in [-0.1, -0.05) is 19.1 Å². The summed E-state index contributed by atoms with van der Waals surface area (Å²) in [5.74, 6) is 1.01. The highest BCUT2D eigenvalue weighted by molar-refractivity contribution is 6.17. The second-order valence-electron chi connectivity index (χ2n) is 3.63. The molecule has 0 aliphatic heterocycles. The van der Waals surface area contributed by atoms with Crippen molar-refractivity contribution in [1.82, 2.24) is 5.32 Å². The molecule has 0 aliphatic rings. The maximum atomic E-state index is 9.13. The molecule has 1 unspecified atom stereocenters. The first-order valence-electron chi connectivity index (χ1n) is 5.33. The molecule has 0 fully saturated rings. The van der Waals surface area contributed by atoms with Gasteiger partial charge in [0.25, 0.3) is 0 Å². The van der Waals surface area contributed by atoms with Gasteiger partial charge in [-0.15, -0.1) is 11.6 Å². The lowest BCUT2D eigenvalue weighted by Gasteiger charge is -2.15. The molecule has 1 aromatic rings. The van der Waals surface area contributed by atoms with Crippen LogP contribution in [0.5, 0.6) is 5.75 Å². The summed E-state index contributed by atoms with van der Waals surface area (Å²) in [5.41, 5.74) is 1.18. The van der Waals surface area contributed by atoms with Gasteiger partial charge in [-0.05, 0) is 30.5 Å². The zero-order valence-corrected chi connectivity index (χ0v) is 9.80. The van der Waals surface area contributed by atoms with Gasteiger partial charge in [-0.3, -0.25) is 0 Å². The molecule has 84 valence electrons. The fourth-order valence-electron chi connectivity index (χ4n) is 1.46.